The third-order valence-corrected chi connectivity index (χ3v) is 2.59. The zero-order chi connectivity index (χ0) is 13.1. The van der Waals surface area contributed by atoms with Crippen LogP contribution in [0.3, 0.4) is 0 Å². The number of halogens is 1. The largest absolute Gasteiger partial charge is 0.467 e. The van der Waals surface area contributed by atoms with Crippen molar-refractivity contribution in [1.82, 2.24) is 15.0 Å². The maximum Gasteiger partial charge on any atom is 0.322 e. The highest BCUT2D eigenvalue weighted by atomic mass is 35.5. The van der Waals surface area contributed by atoms with Crippen molar-refractivity contribution in [3.63, 3.8) is 0 Å². The zero-order valence-corrected chi connectivity index (χ0v) is 10.7. The van der Waals surface area contributed by atoms with Crippen LogP contribution in [0.25, 0.3) is 0 Å². The summed E-state index contributed by atoms with van der Waals surface area (Å²) in [5.41, 5.74) is 7.25. The summed E-state index contributed by atoms with van der Waals surface area (Å²) in [6.45, 7) is 1.93. The molecule has 1 heterocycles. The third-order valence-electron chi connectivity index (χ3n) is 2.27. The Labute approximate surface area is 109 Å². The third kappa shape index (κ3) is 2.60. The normalized spacial score (nSPS) is 10.2. The Balaban J connectivity index is 2.37. The lowest BCUT2D eigenvalue weighted by Gasteiger charge is -2.10. The summed E-state index contributed by atoms with van der Waals surface area (Å²) in [5.74, 6) is 0.365. The summed E-state index contributed by atoms with van der Waals surface area (Å²) in [4.78, 5) is 11.8. The van der Waals surface area contributed by atoms with Gasteiger partial charge >= 0.3 is 6.01 Å². The summed E-state index contributed by atoms with van der Waals surface area (Å²) in [7, 11) is 1.46. The average molecular weight is 266 g/mol. The number of aromatic nitrogens is 3. The average Bonchev–Trinajstić information content (AvgIpc) is 2.33. The molecule has 7 heteroatoms. The van der Waals surface area contributed by atoms with Gasteiger partial charge in [0.2, 0.25) is 11.9 Å². The Bertz CT molecular complexity index is 555. The van der Waals surface area contributed by atoms with Crippen molar-refractivity contribution < 1.29 is 4.74 Å². The van der Waals surface area contributed by atoms with E-state index in [-0.39, 0.29) is 17.9 Å². The van der Waals surface area contributed by atoms with Crippen molar-refractivity contribution in [3.05, 3.63) is 28.8 Å². The molecule has 18 heavy (non-hydrogen) atoms. The summed E-state index contributed by atoms with van der Waals surface area (Å²) in [6.07, 6.45) is 0. The van der Waals surface area contributed by atoms with E-state index in [0.29, 0.717) is 5.02 Å². The molecule has 0 spiro atoms. The molecule has 0 saturated carbocycles. The van der Waals surface area contributed by atoms with E-state index in [1.807, 2.05) is 19.1 Å². The van der Waals surface area contributed by atoms with Gasteiger partial charge in [-0.05, 0) is 18.6 Å². The highest BCUT2D eigenvalue weighted by Gasteiger charge is 2.08. The van der Waals surface area contributed by atoms with Gasteiger partial charge in [-0.15, -0.1) is 0 Å². The number of hydrogen-bond acceptors (Lipinski definition) is 6. The van der Waals surface area contributed by atoms with Gasteiger partial charge < -0.3 is 15.8 Å². The van der Waals surface area contributed by atoms with Gasteiger partial charge in [0.15, 0.2) is 0 Å². The van der Waals surface area contributed by atoms with Gasteiger partial charge in [-0.3, -0.25) is 0 Å². The Kier molecular flexibility index (Phi) is 3.47. The van der Waals surface area contributed by atoms with E-state index in [1.165, 1.54) is 7.11 Å². The number of ether oxygens (including phenoxy) is 1. The van der Waals surface area contributed by atoms with E-state index in [4.69, 9.17) is 22.1 Å². The minimum absolute atomic E-state index is 0.0778. The van der Waals surface area contributed by atoms with Gasteiger partial charge in [0.25, 0.3) is 0 Å². The number of rotatable bonds is 3. The molecule has 0 saturated heterocycles. The first-order chi connectivity index (χ1) is 8.60. The minimum Gasteiger partial charge on any atom is -0.467 e. The maximum atomic E-state index is 6.10. The van der Waals surface area contributed by atoms with E-state index in [9.17, 15) is 0 Å². The monoisotopic (exact) mass is 265 g/mol. The number of nitrogens with two attached hydrogens (primary N) is 1. The SMILES string of the molecule is COc1nc(N)nc(Nc2c(C)cccc2Cl)n1. The van der Waals surface area contributed by atoms with Crippen molar-refractivity contribution >= 4 is 29.2 Å². The van der Waals surface area contributed by atoms with Crippen molar-refractivity contribution in [2.45, 2.75) is 6.92 Å². The Hall–Kier alpha value is -2.08. The molecule has 0 unspecified atom stereocenters. The number of anilines is 3. The molecule has 0 aliphatic carbocycles. The predicted molar refractivity (Wildman–Crippen MR) is 70.3 cm³/mol. The van der Waals surface area contributed by atoms with Gasteiger partial charge in [-0.25, -0.2) is 0 Å². The minimum atomic E-state index is 0.0778. The first-order valence-electron chi connectivity index (χ1n) is 5.18. The van der Waals surface area contributed by atoms with Crippen LogP contribution in [0.15, 0.2) is 18.2 Å². The fraction of sp³-hybridized carbons (Fsp3) is 0.182. The molecule has 94 valence electrons. The molecule has 2 rings (SSSR count). The van der Waals surface area contributed by atoms with Gasteiger partial charge in [0.05, 0.1) is 17.8 Å². The van der Waals surface area contributed by atoms with Crippen molar-refractivity contribution in [1.29, 1.82) is 0 Å². The van der Waals surface area contributed by atoms with E-state index >= 15 is 0 Å². The van der Waals surface area contributed by atoms with Crippen LogP contribution < -0.4 is 15.8 Å². The van der Waals surface area contributed by atoms with Crippen LogP contribution >= 0.6 is 11.6 Å². The lowest BCUT2D eigenvalue weighted by molar-refractivity contribution is 0.380. The molecular formula is C11H12ClN5O. The van der Waals surface area contributed by atoms with Gasteiger partial charge in [-0.2, -0.15) is 15.0 Å². The standard InChI is InChI=1S/C11H12ClN5O/c1-6-4-3-5-7(12)8(6)14-10-15-9(13)16-11(17-10)18-2/h3-5H,1-2H3,(H3,13,14,15,16,17). The molecule has 3 N–H and O–H groups in total. The molecule has 0 bridgehead atoms. The molecular weight excluding hydrogens is 254 g/mol. The second-order valence-corrected chi connectivity index (χ2v) is 3.97. The number of nitrogens with one attached hydrogen (secondary N) is 1. The molecule has 0 atom stereocenters. The topological polar surface area (TPSA) is 86.0 Å². The first-order valence-corrected chi connectivity index (χ1v) is 5.55. The van der Waals surface area contributed by atoms with E-state index in [0.717, 1.165) is 11.3 Å². The fourth-order valence-corrected chi connectivity index (χ4v) is 1.69. The Morgan fingerprint density at radius 1 is 1.28 bits per heavy atom. The van der Waals surface area contributed by atoms with Gasteiger partial charge in [0, 0.05) is 0 Å². The van der Waals surface area contributed by atoms with Crippen molar-refractivity contribution in [2.24, 2.45) is 0 Å². The molecule has 1 aromatic carbocycles. The number of methoxy groups -OCH3 is 1. The van der Waals surface area contributed by atoms with E-state index in [1.54, 1.807) is 6.07 Å². The summed E-state index contributed by atoms with van der Waals surface area (Å²) < 4.78 is 4.92. The number of nitrogens with zero attached hydrogens (tertiary/aromatic N) is 3. The Morgan fingerprint density at radius 3 is 2.72 bits per heavy atom. The molecule has 0 fully saturated rings. The van der Waals surface area contributed by atoms with Crippen LogP contribution in [-0.4, -0.2) is 22.1 Å². The molecule has 6 nitrogen and oxygen atoms in total. The number of nitrogen functional groups attached to an aromatic ring is 1. The van der Waals surface area contributed by atoms with Crippen molar-refractivity contribution in [2.75, 3.05) is 18.2 Å². The predicted octanol–water partition coefficient (Wildman–Crippen LogP) is 2.17. The first kappa shape index (κ1) is 12.4. The lowest BCUT2D eigenvalue weighted by Crippen LogP contribution is -2.06. The molecule has 0 aliphatic heterocycles. The summed E-state index contributed by atoms with van der Waals surface area (Å²) in [5, 5.41) is 3.58. The molecule has 0 radical (unpaired) electrons. The van der Waals surface area contributed by atoms with Crippen LogP contribution in [0.4, 0.5) is 17.6 Å². The molecule has 0 amide bonds. The second kappa shape index (κ2) is 5.05. The number of hydrogen-bond donors (Lipinski definition) is 2. The zero-order valence-electron chi connectivity index (χ0n) is 9.94. The number of benzene rings is 1. The van der Waals surface area contributed by atoms with Gasteiger partial charge in [0.1, 0.15) is 0 Å². The van der Waals surface area contributed by atoms with Crippen LogP contribution in [0.5, 0.6) is 6.01 Å². The fourth-order valence-electron chi connectivity index (χ4n) is 1.42. The van der Waals surface area contributed by atoms with E-state index < -0.39 is 0 Å². The molecule has 1 aromatic heterocycles. The highest BCUT2D eigenvalue weighted by molar-refractivity contribution is 6.33. The van der Waals surface area contributed by atoms with Crippen LogP contribution in [0.2, 0.25) is 5.02 Å². The Morgan fingerprint density at radius 2 is 2.06 bits per heavy atom. The summed E-state index contributed by atoms with van der Waals surface area (Å²) in [6, 6.07) is 5.72. The highest BCUT2D eigenvalue weighted by Crippen LogP contribution is 2.27. The summed E-state index contributed by atoms with van der Waals surface area (Å²) >= 11 is 6.10. The number of para-hydroxylation sites is 1. The quantitative estimate of drug-likeness (QED) is 0.885. The second-order valence-electron chi connectivity index (χ2n) is 3.56. The van der Waals surface area contributed by atoms with Crippen LogP contribution in [-0.2, 0) is 0 Å². The molecule has 0 aliphatic rings. The van der Waals surface area contributed by atoms with Gasteiger partial charge in [-0.1, -0.05) is 23.7 Å². The van der Waals surface area contributed by atoms with E-state index in [2.05, 4.69) is 20.3 Å². The number of aryl methyl sites for hydroxylation is 1. The lowest BCUT2D eigenvalue weighted by atomic mass is 10.2. The maximum absolute atomic E-state index is 6.10. The smallest absolute Gasteiger partial charge is 0.322 e. The van der Waals surface area contributed by atoms with Crippen LogP contribution in [0, 0.1) is 6.92 Å². The van der Waals surface area contributed by atoms with Crippen molar-refractivity contribution in [3.8, 4) is 6.01 Å². The molecule has 2 aromatic rings. The van der Waals surface area contributed by atoms with Crippen LogP contribution in [0.1, 0.15) is 5.56 Å².